The number of phenols is 1. The van der Waals surface area contributed by atoms with Gasteiger partial charge in [0, 0.05) is 17.7 Å². The van der Waals surface area contributed by atoms with Gasteiger partial charge in [-0.2, -0.15) is 0 Å². The van der Waals surface area contributed by atoms with E-state index in [-0.39, 0.29) is 22.7 Å². The number of nitrogens with one attached hydrogen (secondary N) is 1. The van der Waals surface area contributed by atoms with Crippen molar-refractivity contribution in [1.82, 2.24) is 0 Å². The van der Waals surface area contributed by atoms with Crippen LogP contribution in [0.4, 0.5) is 17.1 Å². The SMILES string of the molecule is CCCOc1ccc(C(=O)Nc2cc([N+](=O)[O-])ccc2O)cc1N. The lowest BCUT2D eigenvalue weighted by molar-refractivity contribution is -0.384. The molecular weight excluding hydrogens is 314 g/mol. The summed E-state index contributed by atoms with van der Waals surface area (Å²) in [4.78, 5) is 22.4. The Bertz CT molecular complexity index is 776. The number of nitrogen functional groups attached to an aromatic ring is 1. The van der Waals surface area contributed by atoms with Gasteiger partial charge in [0.05, 0.1) is 22.9 Å². The number of carbonyl (C=O) groups excluding carboxylic acids is 1. The second-order valence-electron chi connectivity index (χ2n) is 5.01. The minimum absolute atomic E-state index is 0.0564. The molecule has 0 radical (unpaired) electrons. The van der Waals surface area contributed by atoms with Gasteiger partial charge in [-0.25, -0.2) is 0 Å². The van der Waals surface area contributed by atoms with E-state index < -0.39 is 10.8 Å². The molecule has 0 bridgehead atoms. The van der Waals surface area contributed by atoms with Crippen LogP contribution in [-0.4, -0.2) is 22.5 Å². The minimum Gasteiger partial charge on any atom is -0.506 e. The molecule has 0 spiro atoms. The van der Waals surface area contributed by atoms with Crippen molar-refractivity contribution in [3.63, 3.8) is 0 Å². The molecule has 0 aliphatic carbocycles. The summed E-state index contributed by atoms with van der Waals surface area (Å²) in [6.45, 7) is 2.47. The summed E-state index contributed by atoms with van der Waals surface area (Å²) in [6.07, 6.45) is 0.827. The predicted octanol–water partition coefficient (Wildman–Crippen LogP) is 2.92. The van der Waals surface area contributed by atoms with Crippen LogP contribution in [0.15, 0.2) is 36.4 Å². The largest absolute Gasteiger partial charge is 0.506 e. The third-order valence-corrected chi connectivity index (χ3v) is 3.17. The molecule has 0 saturated heterocycles. The zero-order chi connectivity index (χ0) is 17.7. The Kier molecular flexibility index (Phi) is 5.20. The maximum absolute atomic E-state index is 12.2. The van der Waals surface area contributed by atoms with Gasteiger partial charge in [-0.3, -0.25) is 14.9 Å². The van der Waals surface area contributed by atoms with E-state index in [9.17, 15) is 20.0 Å². The molecule has 8 nitrogen and oxygen atoms in total. The van der Waals surface area contributed by atoms with Gasteiger partial charge in [-0.05, 0) is 30.7 Å². The first-order chi connectivity index (χ1) is 11.4. The van der Waals surface area contributed by atoms with E-state index in [0.29, 0.717) is 18.0 Å². The molecule has 2 aromatic carbocycles. The maximum atomic E-state index is 12.2. The molecule has 0 aromatic heterocycles. The van der Waals surface area contributed by atoms with Crippen LogP contribution >= 0.6 is 0 Å². The second-order valence-corrected chi connectivity index (χ2v) is 5.01. The van der Waals surface area contributed by atoms with Crippen LogP contribution in [0.3, 0.4) is 0 Å². The fourth-order valence-corrected chi connectivity index (χ4v) is 1.97. The molecule has 4 N–H and O–H groups in total. The van der Waals surface area contributed by atoms with E-state index in [1.165, 1.54) is 12.1 Å². The van der Waals surface area contributed by atoms with Crippen LogP contribution in [0.2, 0.25) is 0 Å². The maximum Gasteiger partial charge on any atom is 0.271 e. The highest BCUT2D eigenvalue weighted by molar-refractivity contribution is 6.05. The van der Waals surface area contributed by atoms with Gasteiger partial charge in [0.15, 0.2) is 0 Å². The molecular formula is C16H17N3O5. The number of ether oxygens (including phenoxy) is 1. The van der Waals surface area contributed by atoms with E-state index in [1.54, 1.807) is 6.07 Å². The van der Waals surface area contributed by atoms with Crippen molar-refractivity contribution in [1.29, 1.82) is 0 Å². The van der Waals surface area contributed by atoms with Gasteiger partial charge in [0.1, 0.15) is 11.5 Å². The number of non-ortho nitro benzene ring substituents is 1. The summed E-state index contributed by atoms with van der Waals surface area (Å²) in [5, 5.41) is 22.9. The number of nitro benzene ring substituents is 1. The first-order valence-corrected chi connectivity index (χ1v) is 7.23. The minimum atomic E-state index is -0.618. The first kappa shape index (κ1) is 17.1. The van der Waals surface area contributed by atoms with Gasteiger partial charge in [-0.15, -0.1) is 0 Å². The number of nitrogens with two attached hydrogens (primary N) is 1. The van der Waals surface area contributed by atoms with Crippen LogP contribution in [0.25, 0.3) is 0 Å². The molecule has 0 aliphatic heterocycles. The number of phenolic OH excluding ortho intramolecular Hbond substituents is 1. The van der Waals surface area contributed by atoms with E-state index in [2.05, 4.69) is 5.32 Å². The highest BCUT2D eigenvalue weighted by atomic mass is 16.6. The summed E-state index contributed by atoms with van der Waals surface area (Å²) in [6, 6.07) is 7.90. The summed E-state index contributed by atoms with van der Waals surface area (Å²) < 4.78 is 5.43. The summed E-state index contributed by atoms with van der Waals surface area (Å²) in [5.74, 6) is -0.351. The molecule has 126 valence electrons. The average molecular weight is 331 g/mol. The molecule has 0 atom stereocenters. The van der Waals surface area contributed by atoms with Gasteiger partial charge < -0.3 is 20.9 Å². The van der Waals surface area contributed by atoms with E-state index in [0.717, 1.165) is 24.6 Å². The van der Waals surface area contributed by atoms with Crippen LogP contribution in [0.1, 0.15) is 23.7 Å². The molecule has 2 rings (SSSR count). The first-order valence-electron chi connectivity index (χ1n) is 7.23. The van der Waals surface area contributed by atoms with E-state index >= 15 is 0 Å². The molecule has 2 aromatic rings. The van der Waals surface area contributed by atoms with Crippen molar-refractivity contribution in [3.05, 3.63) is 52.1 Å². The number of hydrogen-bond donors (Lipinski definition) is 3. The van der Waals surface area contributed by atoms with Crippen molar-refractivity contribution in [2.75, 3.05) is 17.7 Å². The number of hydrogen-bond acceptors (Lipinski definition) is 6. The Morgan fingerprint density at radius 1 is 1.33 bits per heavy atom. The quantitative estimate of drug-likeness (QED) is 0.323. The molecule has 0 aliphatic rings. The third-order valence-electron chi connectivity index (χ3n) is 3.17. The average Bonchev–Trinajstić information content (AvgIpc) is 2.55. The fourth-order valence-electron chi connectivity index (χ4n) is 1.97. The van der Waals surface area contributed by atoms with Crippen molar-refractivity contribution in [2.24, 2.45) is 0 Å². The highest BCUT2D eigenvalue weighted by Crippen LogP contribution is 2.29. The Hall–Kier alpha value is -3.29. The Balaban J connectivity index is 2.19. The van der Waals surface area contributed by atoms with Gasteiger partial charge in [-0.1, -0.05) is 6.92 Å². The van der Waals surface area contributed by atoms with E-state index in [4.69, 9.17) is 10.5 Å². The number of nitrogens with zero attached hydrogens (tertiary/aromatic N) is 1. The summed E-state index contributed by atoms with van der Waals surface area (Å²) in [5.41, 5.74) is 6.09. The van der Waals surface area contributed by atoms with Crippen LogP contribution in [-0.2, 0) is 0 Å². The van der Waals surface area contributed by atoms with Crippen molar-refractivity contribution in [3.8, 4) is 11.5 Å². The predicted molar refractivity (Wildman–Crippen MR) is 89.4 cm³/mol. The zero-order valence-corrected chi connectivity index (χ0v) is 13.0. The molecule has 8 heteroatoms. The lowest BCUT2D eigenvalue weighted by atomic mass is 10.1. The monoisotopic (exact) mass is 331 g/mol. The Morgan fingerprint density at radius 2 is 2.08 bits per heavy atom. The molecule has 0 fully saturated rings. The number of amides is 1. The van der Waals surface area contributed by atoms with Crippen LogP contribution < -0.4 is 15.8 Å². The van der Waals surface area contributed by atoms with E-state index in [1.807, 2.05) is 6.92 Å². The third kappa shape index (κ3) is 3.92. The topological polar surface area (TPSA) is 128 Å². The Labute approximate surface area is 138 Å². The van der Waals surface area contributed by atoms with Crippen LogP contribution in [0.5, 0.6) is 11.5 Å². The van der Waals surface area contributed by atoms with Crippen molar-refractivity contribution < 1.29 is 19.6 Å². The lowest BCUT2D eigenvalue weighted by Gasteiger charge is -2.10. The Morgan fingerprint density at radius 3 is 2.71 bits per heavy atom. The normalized spacial score (nSPS) is 10.2. The number of nitro groups is 1. The standard InChI is InChI=1S/C16H17N3O5/c1-2-7-24-15-6-3-10(8-12(15)17)16(21)18-13-9-11(19(22)23)4-5-14(13)20/h3-6,8-9,20H,2,7,17H2,1H3,(H,18,21). The highest BCUT2D eigenvalue weighted by Gasteiger charge is 2.14. The number of benzene rings is 2. The van der Waals surface area contributed by atoms with Crippen LogP contribution in [0, 0.1) is 10.1 Å². The molecule has 24 heavy (non-hydrogen) atoms. The molecule has 0 heterocycles. The smallest absolute Gasteiger partial charge is 0.271 e. The number of rotatable bonds is 6. The van der Waals surface area contributed by atoms with Gasteiger partial charge >= 0.3 is 0 Å². The lowest BCUT2D eigenvalue weighted by Crippen LogP contribution is -2.13. The number of anilines is 2. The molecule has 0 unspecified atom stereocenters. The molecule has 1 amide bonds. The number of carbonyl (C=O) groups is 1. The van der Waals surface area contributed by atoms with Gasteiger partial charge in [0.25, 0.3) is 11.6 Å². The fraction of sp³-hybridized carbons (Fsp3) is 0.188. The van der Waals surface area contributed by atoms with Crippen molar-refractivity contribution >= 4 is 23.0 Å². The zero-order valence-electron chi connectivity index (χ0n) is 13.0. The summed E-state index contributed by atoms with van der Waals surface area (Å²) in [7, 11) is 0. The molecule has 0 saturated carbocycles. The number of aromatic hydroxyl groups is 1. The van der Waals surface area contributed by atoms with Crippen molar-refractivity contribution in [2.45, 2.75) is 13.3 Å². The summed E-state index contributed by atoms with van der Waals surface area (Å²) >= 11 is 0. The second kappa shape index (κ2) is 7.32. The van der Waals surface area contributed by atoms with Gasteiger partial charge in [0.2, 0.25) is 0 Å².